The van der Waals surface area contributed by atoms with E-state index in [0.717, 1.165) is 5.57 Å². The molecule has 0 heterocycles. The van der Waals surface area contributed by atoms with E-state index in [4.69, 9.17) is 15.6 Å². The topological polar surface area (TPSA) is 113 Å². The van der Waals surface area contributed by atoms with Crippen LogP contribution in [0.1, 0.15) is 37.5 Å². The Morgan fingerprint density at radius 2 is 1.76 bits per heavy atom. The fraction of sp³-hybridized carbons (Fsp3) is 0.261. The van der Waals surface area contributed by atoms with Gasteiger partial charge in [-0.15, -0.1) is 0 Å². The van der Waals surface area contributed by atoms with Crippen molar-refractivity contribution >= 4 is 11.5 Å². The molecule has 0 aliphatic carbocycles. The highest BCUT2D eigenvalue weighted by atomic mass is 16.5. The van der Waals surface area contributed by atoms with Crippen LogP contribution in [0.25, 0.3) is 5.57 Å². The maximum atomic E-state index is 11.1. The minimum Gasteiger partial charge on any atom is -0.512 e. The van der Waals surface area contributed by atoms with Crippen molar-refractivity contribution in [2.24, 2.45) is 5.73 Å². The molecule has 154 valence electrons. The predicted molar refractivity (Wildman–Crippen MR) is 113 cm³/mol. The van der Waals surface area contributed by atoms with E-state index in [0.29, 0.717) is 28.0 Å². The van der Waals surface area contributed by atoms with Gasteiger partial charge in [0.05, 0.1) is 12.2 Å². The lowest BCUT2D eigenvalue weighted by molar-refractivity contribution is -0.136. The summed E-state index contributed by atoms with van der Waals surface area (Å²) in [7, 11) is 0. The molecule has 0 aliphatic rings. The number of para-hydroxylation sites is 2. The lowest BCUT2D eigenvalue weighted by Crippen LogP contribution is -2.15. The molecule has 0 saturated carbocycles. The van der Waals surface area contributed by atoms with Crippen LogP contribution in [0.15, 0.2) is 59.9 Å². The lowest BCUT2D eigenvalue weighted by Gasteiger charge is -2.19. The molecule has 0 radical (unpaired) electrons. The number of aliphatic hydroxyl groups excluding tert-OH is 1. The standard InChI is InChI=1S/C23H27NO5/c1-14(16(3)29-21-10-5-4-7-17(21)12-22(26)27)11-20(15(2)25)19-9-6-8-18(13-24)23(19)28/h4-11,16,25,28H,12-13,24H2,1-3H3,(H,26,27)/b14-11+,20-15-. The molecular formula is C23H27NO5. The molecule has 0 amide bonds. The van der Waals surface area contributed by atoms with Crippen LogP contribution in [0.5, 0.6) is 11.5 Å². The van der Waals surface area contributed by atoms with Crippen LogP contribution in [0.2, 0.25) is 0 Å². The average molecular weight is 397 g/mol. The highest BCUT2D eigenvalue weighted by molar-refractivity contribution is 5.80. The fourth-order valence-corrected chi connectivity index (χ4v) is 2.91. The van der Waals surface area contributed by atoms with Crippen molar-refractivity contribution in [3.8, 4) is 11.5 Å². The Bertz CT molecular complexity index is 942. The largest absolute Gasteiger partial charge is 0.512 e. The van der Waals surface area contributed by atoms with E-state index in [1.165, 1.54) is 0 Å². The van der Waals surface area contributed by atoms with Gasteiger partial charge in [0.1, 0.15) is 17.6 Å². The van der Waals surface area contributed by atoms with Crippen molar-refractivity contribution in [3.05, 3.63) is 76.6 Å². The van der Waals surface area contributed by atoms with Crippen LogP contribution in [0.3, 0.4) is 0 Å². The van der Waals surface area contributed by atoms with Gasteiger partial charge in [-0.1, -0.05) is 36.4 Å². The summed E-state index contributed by atoms with van der Waals surface area (Å²) >= 11 is 0. The van der Waals surface area contributed by atoms with Gasteiger partial charge in [-0.2, -0.15) is 0 Å². The third-order valence-electron chi connectivity index (χ3n) is 4.65. The number of aliphatic hydroxyl groups is 1. The van der Waals surface area contributed by atoms with Gasteiger partial charge in [-0.25, -0.2) is 0 Å². The summed E-state index contributed by atoms with van der Waals surface area (Å²) in [6, 6.07) is 12.2. The Kier molecular flexibility index (Phi) is 7.45. The summed E-state index contributed by atoms with van der Waals surface area (Å²) < 4.78 is 5.98. The molecule has 0 spiro atoms. The van der Waals surface area contributed by atoms with Gasteiger partial charge < -0.3 is 25.8 Å². The summed E-state index contributed by atoms with van der Waals surface area (Å²) in [5, 5.41) is 29.8. The lowest BCUT2D eigenvalue weighted by atomic mass is 9.97. The second-order valence-corrected chi connectivity index (χ2v) is 6.84. The summed E-state index contributed by atoms with van der Waals surface area (Å²) in [5.41, 5.74) is 8.56. The number of hydrogen-bond acceptors (Lipinski definition) is 5. The zero-order valence-corrected chi connectivity index (χ0v) is 16.8. The van der Waals surface area contributed by atoms with Gasteiger partial charge in [0.15, 0.2) is 0 Å². The Balaban J connectivity index is 2.33. The van der Waals surface area contributed by atoms with Gasteiger partial charge in [-0.05, 0) is 38.5 Å². The molecular weight excluding hydrogens is 370 g/mol. The second-order valence-electron chi connectivity index (χ2n) is 6.84. The SMILES string of the molecule is C/C(O)=C(\C=C(/C)C(C)Oc1ccccc1CC(=O)O)c1cccc(CN)c1O. The van der Waals surface area contributed by atoms with Crippen LogP contribution in [0.4, 0.5) is 0 Å². The number of aliphatic carboxylic acids is 1. The van der Waals surface area contributed by atoms with Crippen molar-refractivity contribution in [3.63, 3.8) is 0 Å². The molecule has 1 unspecified atom stereocenters. The maximum absolute atomic E-state index is 11.1. The first-order valence-corrected chi connectivity index (χ1v) is 9.30. The van der Waals surface area contributed by atoms with E-state index < -0.39 is 5.97 Å². The smallest absolute Gasteiger partial charge is 0.307 e. The van der Waals surface area contributed by atoms with Gasteiger partial charge >= 0.3 is 5.97 Å². The molecule has 0 fully saturated rings. The number of carboxylic acid groups (broad SMARTS) is 1. The van der Waals surface area contributed by atoms with E-state index in [2.05, 4.69) is 0 Å². The minimum absolute atomic E-state index is 0.0304. The zero-order valence-electron chi connectivity index (χ0n) is 16.8. The number of rotatable bonds is 8. The summed E-state index contributed by atoms with van der Waals surface area (Å²) in [5.74, 6) is -0.359. The molecule has 0 aromatic heterocycles. The Hall–Kier alpha value is -3.25. The third-order valence-corrected chi connectivity index (χ3v) is 4.65. The van der Waals surface area contributed by atoms with E-state index >= 15 is 0 Å². The number of ether oxygens (including phenoxy) is 1. The second kappa shape index (κ2) is 9.80. The number of hydrogen-bond donors (Lipinski definition) is 4. The van der Waals surface area contributed by atoms with Crippen LogP contribution in [0, 0.1) is 0 Å². The highest BCUT2D eigenvalue weighted by Gasteiger charge is 2.16. The molecule has 2 rings (SSSR count). The van der Waals surface area contributed by atoms with Crippen LogP contribution < -0.4 is 10.5 Å². The van der Waals surface area contributed by atoms with Crippen molar-refractivity contribution in [2.45, 2.75) is 39.8 Å². The molecule has 0 saturated heterocycles. The quantitative estimate of drug-likeness (QED) is 0.393. The molecule has 0 aliphatic heterocycles. The fourth-order valence-electron chi connectivity index (χ4n) is 2.91. The molecule has 1 atom stereocenters. The maximum Gasteiger partial charge on any atom is 0.307 e. The van der Waals surface area contributed by atoms with Crippen molar-refractivity contribution in [1.82, 2.24) is 0 Å². The Morgan fingerprint density at radius 3 is 2.38 bits per heavy atom. The molecule has 5 N–H and O–H groups in total. The first-order chi connectivity index (χ1) is 13.7. The Labute approximate surface area is 170 Å². The van der Waals surface area contributed by atoms with E-state index in [1.54, 1.807) is 55.5 Å². The van der Waals surface area contributed by atoms with Crippen LogP contribution in [-0.2, 0) is 17.8 Å². The summed E-state index contributed by atoms with van der Waals surface area (Å²) in [6.45, 7) is 5.41. The highest BCUT2D eigenvalue weighted by Crippen LogP contribution is 2.32. The molecule has 6 nitrogen and oxygen atoms in total. The molecule has 2 aromatic carbocycles. The van der Waals surface area contributed by atoms with Gasteiger partial charge in [0.25, 0.3) is 0 Å². The third kappa shape index (κ3) is 5.62. The minimum atomic E-state index is -0.933. The molecule has 2 aromatic rings. The van der Waals surface area contributed by atoms with Crippen molar-refractivity contribution in [2.75, 3.05) is 0 Å². The van der Waals surface area contributed by atoms with E-state index in [1.807, 2.05) is 13.8 Å². The van der Waals surface area contributed by atoms with Crippen LogP contribution in [-0.4, -0.2) is 27.4 Å². The molecule has 29 heavy (non-hydrogen) atoms. The number of phenols is 1. The normalized spacial score (nSPS) is 13.6. The number of allylic oxidation sites excluding steroid dienone is 3. The number of benzene rings is 2. The first-order valence-electron chi connectivity index (χ1n) is 9.30. The van der Waals surface area contributed by atoms with Crippen molar-refractivity contribution in [1.29, 1.82) is 0 Å². The number of carboxylic acids is 1. The van der Waals surface area contributed by atoms with Crippen molar-refractivity contribution < 1.29 is 24.9 Å². The predicted octanol–water partition coefficient (Wildman–Crippen LogP) is 4.18. The number of carbonyl (C=O) groups is 1. The number of aromatic hydroxyl groups is 1. The summed E-state index contributed by atoms with van der Waals surface area (Å²) in [6.07, 6.45) is 1.22. The number of nitrogens with two attached hydrogens (primary N) is 1. The van der Waals surface area contributed by atoms with E-state index in [9.17, 15) is 15.0 Å². The average Bonchev–Trinajstić information content (AvgIpc) is 2.67. The zero-order chi connectivity index (χ0) is 21.6. The van der Waals surface area contributed by atoms with Gasteiger partial charge in [-0.3, -0.25) is 4.79 Å². The molecule has 0 bridgehead atoms. The van der Waals surface area contributed by atoms with E-state index in [-0.39, 0.29) is 30.6 Å². The van der Waals surface area contributed by atoms with Crippen LogP contribution >= 0.6 is 0 Å². The Morgan fingerprint density at radius 1 is 1.10 bits per heavy atom. The molecule has 6 heteroatoms. The summed E-state index contributed by atoms with van der Waals surface area (Å²) in [4.78, 5) is 11.1. The first kappa shape index (κ1) is 22.0. The van der Waals surface area contributed by atoms with Gasteiger partial charge in [0.2, 0.25) is 0 Å². The number of phenolic OH excluding ortho intramolecular Hbond substituents is 1. The van der Waals surface area contributed by atoms with Gasteiger partial charge in [0, 0.05) is 28.8 Å². The monoisotopic (exact) mass is 397 g/mol.